The number of aryl methyl sites for hydroxylation is 1. The number of carbonyl (C=O) groups excluding carboxylic acids is 5. The number of carbonyl (C=O) groups is 5. The first-order valence-corrected chi connectivity index (χ1v) is 21.2. The summed E-state index contributed by atoms with van der Waals surface area (Å²) >= 11 is 0. The van der Waals surface area contributed by atoms with Gasteiger partial charge in [0.15, 0.2) is 0 Å². The number of likely N-dealkylation sites (tertiary alicyclic amines) is 1. The van der Waals surface area contributed by atoms with Crippen LogP contribution in [0.25, 0.3) is 0 Å². The monoisotopic (exact) mass is 797 g/mol. The van der Waals surface area contributed by atoms with Crippen LogP contribution in [0.15, 0.2) is 54.7 Å². The van der Waals surface area contributed by atoms with Crippen LogP contribution in [0.3, 0.4) is 0 Å². The molecule has 5 saturated heterocycles. The molecule has 2 aromatic carbocycles. The van der Waals surface area contributed by atoms with Crippen LogP contribution in [-0.2, 0) is 9.59 Å². The summed E-state index contributed by atoms with van der Waals surface area (Å²) in [6, 6.07) is 16.8. The molecule has 5 fully saturated rings. The summed E-state index contributed by atoms with van der Waals surface area (Å²) in [7, 11) is 0. The number of rotatable bonds is 7. The molecule has 6 aliphatic rings. The van der Waals surface area contributed by atoms with E-state index in [1.54, 1.807) is 12.1 Å². The second kappa shape index (κ2) is 15.7. The van der Waals surface area contributed by atoms with Crippen LogP contribution in [0, 0.1) is 29.6 Å². The second-order valence-electron chi connectivity index (χ2n) is 17.4. The molecule has 14 nitrogen and oxygen atoms in total. The number of piperazine rings is 1. The maximum atomic E-state index is 13.6. The molecule has 1 spiro atoms. The molecular weight excluding hydrogens is 747 g/mol. The van der Waals surface area contributed by atoms with Gasteiger partial charge in [-0.3, -0.25) is 39.1 Å². The van der Waals surface area contributed by atoms with Crippen molar-refractivity contribution < 1.29 is 24.0 Å². The fraction of sp³-hybridized carbons (Fsp3) is 0.489. The highest BCUT2D eigenvalue weighted by molar-refractivity contribution is 6.23. The Morgan fingerprint density at radius 2 is 1.44 bits per heavy atom. The number of benzene rings is 2. The zero-order valence-electron chi connectivity index (χ0n) is 33.7. The summed E-state index contributed by atoms with van der Waals surface area (Å²) in [5.74, 6) is -1.25. The number of piperidine rings is 3. The van der Waals surface area contributed by atoms with E-state index >= 15 is 0 Å². The molecule has 306 valence electrons. The van der Waals surface area contributed by atoms with Gasteiger partial charge in [0.05, 0.1) is 23.0 Å². The van der Waals surface area contributed by atoms with Crippen LogP contribution in [-0.4, -0.2) is 127 Å². The van der Waals surface area contributed by atoms with Gasteiger partial charge in [-0.2, -0.15) is 5.26 Å². The third-order valence-electron chi connectivity index (χ3n) is 13.9. The molecule has 9 rings (SSSR count). The molecule has 5 amide bonds. The Balaban J connectivity index is 0.715. The first-order chi connectivity index (χ1) is 28.6. The number of nitrogens with zero attached hydrogens (tertiary/aromatic N) is 8. The van der Waals surface area contributed by atoms with Crippen molar-refractivity contribution >= 4 is 46.6 Å². The third kappa shape index (κ3) is 7.52. The molecular formula is C45H51N9O5. The Morgan fingerprint density at radius 1 is 0.780 bits per heavy atom. The van der Waals surface area contributed by atoms with Gasteiger partial charge < -0.3 is 19.6 Å². The van der Waals surface area contributed by atoms with Crippen molar-refractivity contribution in [1.82, 2.24) is 25.0 Å². The third-order valence-corrected chi connectivity index (χ3v) is 13.9. The van der Waals surface area contributed by atoms with Crippen molar-refractivity contribution in [3.05, 3.63) is 82.7 Å². The van der Waals surface area contributed by atoms with Crippen LogP contribution in [0.4, 0.5) is 17.1 Å². The van der Waals surface area contributed by atoms with Crippen LogP contribution in [0.2, 0.25) is 0 Å². The highest BCUT2D eigenvalue weighted by Crippen LogP contribution is 2.42. The average Bonchev–Trinajstić information content (AvgIpc) is 3.78. The number of nitrogens with one attached hydrogen (secondary N) is 1. The predicted octanol–water partition coefficient (Wildman–Crippen LogP) is 3.83. The van der Waals surface area contributed by atoms with E-state index < -0.39 is 23.8 Å². The molecule has 1 unspecified atom stereocenters. The van der Waals surface area contributed by atoms with Gasteiger partial charge in [-0.15, -0.1) is 0 Å². The number of pyridine rings is 1. The minimum absolute atomic E-state index is 0.0981. The number of nitriles is 1. The lowest BCUT2D eigenvalue weighted by atomic mass is 9.77. The van der Waals surface area contributed by atoms with E-state index in [4.69, 9.17) is 0 Å². The summed E-state index contributed by atoms with van der Waals surface area (Å²) < 4.78 is 0. The van der Waals surface area contributed by atoms with Gasteiger partial charge in [0.1, 0.15) is 17.8 Å². The van der Waals surface area contributed by atoms with E-state index in [-0.39, 0.29) is 30.1 Å². The van der Waals surface area contributed by atoms with Crippen molar-refractivity contribution in [2.75, 3.05) is 86.7 Å². The molecule has 0 saturated carbocycles. The normalized spacial score (nSPS) is 22.6. The standard InChI is InChI=1S/C45H51N9O5/c1-30-24-35(27-47-38(30)26-46)51-17-12-45(13-18-51)14-19-53(29-45)42(57)32-2-4-33(5-3-32)52-22-20-49(21-23-52)28-31-10-15-50(16-11-31)34-6-7-36-37(25-34)44(59)54(43(36)58)39-8-9-40(55)48-41(39)56/h2-7,24-25,27,31,39H,8-23,28-29H2,1H3,(H,48,55,56). The van der Waals surface area contributed by atoms with Crippen molar-refractivity contribution in [1.29, 1.82) is 5.26 Å². The molecule has 14 heteroatoms. The molecule has 59 heavy (non-hydrogen) atoms. The Kier molecular flexibility index (Phi) is 10.3. The number of aromatic nitrogens is 1. The van der Waals surface area contributed by atoms with Gasteiger partial charge in [-0.25, -0.2) is 4.98 Å². The Bertz CT molecular complexity index is 2210. The summed E-state index contributed by atoms with van der Waals surface area (Å²) in [6.07, 6.45) is 7.24. The van der Waals surface area contributed by atoms with E-state index in [1.807, 2.05) is 31.3 Å². The van der Waals surface area contributed by atoms with E-state index in [0.29, 0.717) is 22.7 Å². The Labute approximate surface area is 344 Å². The predicted molar refractivity (Wildman–Crippen MR) is 221 cm³/mol. The van der Waals surface area contributed by atoms with E-state index in [9.17, 15) is 29.2 Å². The molecule has 6 aliphatic heterocycles. The highest BCUT2D eigenvalue weighted by Gasteiger charge is 2.45. The first-order valence-electron chi connectivity index (χ1n) is 21.2. The quantitative estimate of drug-likeness (QED) is 0.347. The summed E-state index contributed by atoms with van der Waals surface area (Å²) in [5, 5.41) is 11.5. The molecule has 0 aliphatic carbocycles. The van der Waals surface area contributed by atoms with Gasteiger partial charge in [0, 0.05) is 95.4 Å². The maximum absolute atomic E-state index is 13.6. The lowest BCUT2D eigenvalue weighted by molar-refractivity contribution is -0.136. The van der Waals surface area contributed by atoms with Gasteiger partial charge in [0.2, 0.25) is 11.8 Å². The zero-order chi connectivity index (χ0) is 40.8. The minimum Gasteiger partial charge on any atom is -0.371 e. The number of hydrogen-bond acceptors (Lipinski definition) is 11. The number of anilines is 3. The van der Waals surface area contributed by atoms with E-state index in [0.717, 1.165) is 137 Å². The smallest absolute Gasteiger partial charge is 0.262 e. The van der Waals surface area contributed by atoms with Crippen molar-refractivity contribution in [3.8, 4) is 6.07 Å². The molecule has 3 aromatic rings. The highest BCUT2D eigenvalue weighted by atomic mass is 16.2. The first kappa shape index (κ1) is 38.7. The Hall–Kier alpha value is -5.81. The average molecular weight is 798 g/mol. The minimum atomic E-state index is -0.965. The maximum Gasteiger partial charge on any atom is 0.262 e. The van der Waals surface area contributed by atoms with E-state index in [2.05, 4.69) is 59.1 Å². The number of imide groups is 2. The lowest BCUT2D eigenvalue weighted by Crippen LogP contribution is -2.54. The van der Waals surface area contributed by atoms with Crippen LogP contribution >= 0.6 is 0 Å². The largest absolute Gasteiger partial charge is 0.371 e. The van der Waals surface area contributed by atoms with Gasteiger partial charge >= 0.3 is 0 Å². The van der Waals surface area contributed by atoms with Crippen LogP contribution in [0.5, 0.6) is 0 Å². The fourth-order valence-electron chi connectivity index (χ4n) is 10.2. The molecule has 1 aromatic heterocycles. The topological polar surface area (TPSA) is 153 Å². The number of hydrogen-bond donors (Lipinski definition) is 1. The molecule has 1 atom stereocenters. The Morgan fingerprint density at radius 3 is 2.14 bits per heavy atom. The van der Waals surface area contributed by atoms with Crippen molar-refractivity contribution in [2.24, 2.45) is 11.3 Å². The van der Waals surface area contributed by atoms with Crippen LogP contribution < -0.4 is 20.0 Å². The molecule has 0 bridgehead atoms. The second-order valence-corrected chi connectivity index (χ2v) is 17.4. The lowest BCUT2D eigenvalue weighted by Gasteiger charge is -2.40. The van der Waals surface area contributed by atoms with Gasteiger partial charge in [-0.1, -0.05) is 0 Å². The van der Waals surface area contributed by atoms with Crippen molar-refractivity contribution in [2.45, 2.75) is 57.9 Å². The molecule has 0 radical (unpaired) electrons. The fourth-order valence-corrected chi connectivity index (χ4v) is 10.2. The summed E-state index contributed by atoms with van der Waals surface area (Å²) in [6.45, 7) is 12.0. The van der Waals surface area contributed by atoms with Crippen LogP contribution in [0.1, 0.15) is 87.3 Å². The van der Waals surface area contributed by atoms with Gasteiger partial charge in [-0.05, 0) is 111 Å². The summed E-state index contributed by atoms with van der Waals surface area (Å²) in [5.41, 5.74) is 6.05. The number of amides is 5. The van der Waals surface area contributed by atoms with Crippen molar-refractivity contribution in [3.63, 3.8) is 0 Å². The molecule has 7 heterocycles. The number of fused-ring (bicyclic) bond motifs is 1. The molecule has 1 N–H and O–H groups in total. The SMILES string of the molecule is Cc1cc(N2CCC3(CCN(C(=O)c4ccc(N5CCN(CC6CCN(c7ccc8c(c7)C(=O)N(C7CCC(=O)NC7=O)C8=O)CC6)CC5)cc4)C3)CC2)cnc1C#N. The van der Waals surface area contributed by atoms with E-state index in [1.165, 1.54) is 0 Å². The summed E-state index contributed by atoms with van der Waals surface area (Å²) in [4.78, 5) is 81.2. The zero-order valence-corrected chi connectivity index (χ0v) is 33.7. The van der Waals surface area contributed by atoms with Gasteiger partial charge in [0.25, 0.3) is 17.7 Å².